The summed E-state index contributed by atoms with van der Waals surface area (Å²) in [7, 11) is 1.60. The number of carbonyl (C=O) groups is 1. The molecule has 2 aromatic carbocycles. The molecule has 0 saturated carbocycles. The first-order valence-corrected chi connectivity index (χ1v) is 13.1. The molecular weight excluding hydrogens is 555 g/mol. The van der Waals surface area contributed by atoms with Crippen LogP contribution < -0.4 is 21.9 Å². The standard InChI is InChI=1S/C28H28F3N7O4/c1-15-4-7-19(13-21(15)38-25(40)22-16(2)33-26(32-3)35-23(22)36-27(38)41)34-24(39)17-5-6-18(20(12-17)28(29,30)31)14-37-8-10-42-11-9-37/h4-7,12-13H,8-11,14H2,1-3H3,(H,34,39)(H2,32,33,35,36,41). The summed E-state index contributed by atoms with van der Waals surface area (Å²) in [5.41, 5.74) is -1.13. The fourth-order valence-electron chi connectivity index (χ4n) is 4.86. The average molecular weight is 584 g/mol. The SMILES string of the molecule is CNc1nc(C)c2c(=O)n(-c3cc(NC(=O)c4ccc(CN5CCOCC5)c(C(F)(F)F)c4)ccc3C)c(=O)[nH]c2n1. The van der Waals surface area contributed by atoms with Crippen molar-refractivity contribution in [1.82, 2.24) is 24.4 Å². The summed E-state index contributed by atoms with van der Waals surface area (Å²) in [5, 5.41) is 5.46. The van der Waals surface area contributed by atoms with Crippen LogP contribution in [0.15, 0.2) is 46.0 Å². The molecule has 2 aromatic heterocycles. The molecule has 0 unspecified atom stereocenters. The molecule has 1 aliphatic heterocycles. The van der Waals surface area contributed by atoms with Crippen molar-refractivity contribution < 1.29 is 22.7 Å². The smallest absolute Gasteiger partial charge is 0.379 e. The van der Waals surface area contributed by atoms with Crippen molar-refractivity contribution in [2.45, 2.75) is 26.6 Å². The number of H-pyrrole nitrogens is 1. The summed E-state index contributed by atoms with van der Waals surface area (Å²) in [6.07, 6.45) is -4.66. The first kappa shape index (κ1) is 29.0. The third-order valence-electron chi connectivity index (χ3n) is 7.04. The van der Waals surface area contributed by atoms with Crippen LogP contribution in [0.25, 0.3) is 16.7 Å². The molecule has 0 aliphatic carbocycles. The fourth-order valence-corrected chi connectivity index (χ4v) is 4.86. The van der Waals surface area contributed by atoms with Gasteiger partial charge in [-0.25, -0.2) is 14.3 Å². The summed E-state index contributed by atoms with van der Waals surface area (Å²) in [6, 6.07) is 8.01. The quantitative estimate of drug-likeness (QED) is 0.315. The van der Waals surface area contributed by atoms with E-state index in [4.69, 9.17) is 4.74 Å². The number of amides is 1. The maximum absolute atomic E-state index is 14.0. The van der Waals surface area contributed by atoms with E-state index in [1.54, 1.807) is 27.0 Å². The van der Waals surface area contributed by atoms with Gasteiger partial charge in [-0.2, -0.15) is 18.2 Å². The number of alkyl halides is 3. The summed E-state index contributed by atoms with van der Waals surface area (Å²) in [4.78, 5) is 52.3. The van der Waals surface area contributed by atoms with Gasteiger partial charge in [-0.3, -0.25) is 19.5 Å². The van der Waals surface area contributed by atoms with Gasteiger partial charge in [0, 0.05) is 37.9 Å². The van der Waals surface area contributed by atoms with Gasteiger partial charge in [0.15, 0.2) is 5.65 Å². The largest absolute Gasteiger partial charge is 0.416 e. The molecule has 0 atom stereocenters. The number of anilines is 2. The highest BCUT2D eigenvalue weighted by molar-refractivity contribution is 6.04. The number of hydrogen-bond acceptors (Lipinski definition) is 8. The van der Waals surface area contributed by atoms with Crippen molar-refractivity contribution in [3.05, 3.63) is 85.2 Å². The number of carbonyl (C=O) groups excluding carboxylic acids is 1. The Labute approximate surface area is 237 Å². The fraction of sp³-hybridized carbons (Fsp3) is 0.321. The Bertz CT molecular complexity index is 1790. The Morgan fingerprint density at radius 1 is 1.07 bits per heavy atom. The highest BCUT2D eigenvalue weighted by atomic mass is 19.4. The maximum atomic E-state index is 14.0. The summed E-state index contributed by atoms with van der Waals surface area (Å²) >= 11 is 0. The molecule has 42 heavy (non-hydrogen) atoms. The number of fused-ring (bicyclic) bond motifs is 1. The zero-order valence-corrected chi connectivity index (χ0v) is 23.1. The molecule has 0 bridgehead atoms. The Morgan fingerprint density at radius 2 is 1.81 bits per heavy atom. The van der Waals surface area contributed by atoms with Gasteiger partial charge in [0.2, 0.25) is 5.95 Å². The summed E-state index contributed by atoms with van der Waals surface area (Å²) in [6.45, 7) is 5.29. The second-order valence-electron chi connectivity index (χ2n) is 9.89. The third-order valence-corrected chi connectivity index (χ3v) is 7.04. The number of rotatable bonds is 6. The van der Waals surface area contributed by atoms with Crippen molar-refractivity contribution in [1.29, 1.82) is 0 Å². The lowest BCUT2D eigenvalue weighted by Gasteiger charge is -2.27. The van der Waals surface area contributed by atoms with E-state index in [0.29, 0.717) is 37.6 Å². The first-order valence-electron chi connectivity index (χ1n) is 13.1. The maximum Gasteiger partial charge on any atom is 0.416 e. The zero-order chi connectivity index (χ0) is 30.2. The van der Waals surface area contributed by atoms with Crippen LogP contribution in [0, 0.1) is 13.8 Å². The Hall–Kier alpha value is -4.56. The van der Waals surface area contributed by atoms with Crippen LogP contribution in [0.1, 0.15) is 32.7 Å². The molecule has 220 valence electrons. The lowest BCUT2D eigenvalue weighted by molar-refractivity contribution is -0.138. The number of aromatic amines is 1. The number of aryl methyl sites for hydroxylation is 2. The van der Waals surface area contributed by atoms with Gasteiger partial charge in [0.05, 0.1) is 30.2 Å². The first-order chi connectivity index (χ1) is 20.0. The van der Waals surface area contributed by atoms with Gasteiger partial charge in [-0.05, 0) is 49.2 Å². The minimum Gasteiger partial charge on any atom is -0.379 e. The number of nitrogens with zero attached hydrogens (tertiary/aromatic N) is 4. The molecule has 1 saturated heterocycles. The van der Waals surface area contributed by atoms with Crippen molar-refractivity contribution in [3.63, 3.8) is 0 Å². The molecule has 3 heterocycles. The third kappa shape index (κ3) is 5.76. The normalized spacial score (nSPS) is 14.2. The van der Waals surface area contributed by atoms with Crippen molar-refractivity contribution in [2.24, 2.45) is 0 Å². The van der Waals surface area contributed by atoms with E-state index in [0.717, 1.165) is 10.6 Å². The minimum absolute atomic E-state index is 0.0644. The predicted molar refractivity (Wildman–Crippen MR) is 150 cm³/mol. The van der Waals surface area contributed by atoms with Crippen molar-refractivity contribution >= 4 is 28.6 Å². The highest BCUT2D eigenvalue weighted by Gasteiger charge is 2.34. The number of nitrogens with one attached hydrogen (secondary N) is 3. The molecule has 11 nitrogen and oxygen atoms in total. The van der Waals surface area contributed by atoms with Gasteiger partial charge >= 0.3 is 11.9 Å². The van der Waals surface area contributed by atoms with Crippen LogP contribution in [-0.2, 0) is 17.5 Å². The molecule has 1 fully saturated rings. The number of ether oxygens (including phenoxy) is 1. The topological polar surface area (TPSA) is 134 Å². The average Bonchev–Trinajstić information content (AvgIpc) is 2.94. The Balaban J connectivity index is 1.47. The Kier molecular flexibility index (Phi) is 7.84. The van der Waals surface area contributed by atoms with E-state index in [1.807, 2.05) is 4.90 Å². The molecule has 1 amide bonds. The van der Waals surface area contributed by atoms with Gasteiger partial charge in [0.25, 0.3) is 11.5 Å². The van der Waals surface area contributed by atoms with Crippen LogP contribution in [-0.4, -0.2) is 63.7 Å². The highest BCUT2D eigenvalue weighted by Crippen LogP contribution is 2.34. The van der Waals surface area contributed by atoms with Crippen LogP contribution in [0.5, 0.6) is 0 Å². The molecule has 14 heteroatoms. The van der Waals surface area contributed by atoms with Gasteiger partial charge in [0.1, 0.15) is 5.39 Å². The van der Waals surface area contributed by atoms with Crippen molar-refractivity contribution in [3.8, 4) is 5.69 Å². The molecule has 0 radical (unpaired) electrons. The summed E-state index contributed by atoms with van der Waals surface area (Å²) < 4.78 is 48.1. The molecule has 3 N–H and O–H groups in total. The Morgan fingerprint density at radius 3 is 2.50 bits per heavy atom. The number of morpholine rings is 1. The number of hydrogen-bond donors (Lipinski definition) is 3. The van der Waals surface area contributed by atoms with Crippen molar-refractivity contribution in [2.75, 3.05) is 44.0 Å². The van der Waals surface area contributed by atoms with E-state index < -0.39 is 28.9 Å². The van der Waals surface area contributed by atoms with E-state index in [1.165, 1.54) is 24.3 Å². The number of halogens is 3. The van der Waals surface area contributed by atoms with Crippen LogP contribution in [0.4, 0.5) is 24.8 Å². The van der Waals surface area contributed by atoms with E-state index in [9.17, 15) is 27.6 Å². The van der Waals surface area contributed by atoms with E-state index in [-0.39, 0.29) is 46.0 Å². The molecular formula is C28H28F3N7O4. The van der Waals surface area contributed by atoms with E-state index >= 15 is 0 Å². The molecule has 0 spiro atoms. The van der Waals surface area contributed by atoms with Gasteiger partial charge in [-0.1, -0.05) is 12.1 Å². The lowest BCUT2D eigenvalue weighted by Crippen LogP contribution is -2.36. The minimum atomic E-state index is -4.66. The number of benzene rings is 2. The zero-order valence-electron chi connectivity index (χ0n) is 23.1. The monoisotopic (exact) mass is 583 g/mol. The second kappa shape index (κ2) is 11.4. The summed E-state index contributed by atoms with van der Waals surface area (Å²) in [5.74, 6) is -0.548. The van der Waals surface area contributed by atoms with Crippen LogP contribution in [0.3, 0.4) is 0 Å². The van der Waals surface area contributed by atoms with Gasteiger partial charge < -0.3 is 15.4 Å². The van der Waals surface area contributed by atoms with Crippen LogP contribution in [0.2, 0.25) is 0 Å². The second-order valence-corrected chi connectivity index (χ2v) is 9.89. The van der Waals surface area contributed by atoms with E-state index in [2.05, 4.69) is 25.6 Å². The number of aromatic nitrogens is 4. The molecule has 1 aliphatic rings. The van der Waals surface area contributed by atoms with Crippen LogP contribution >= 0.6 is 0 Å². The molecule has 4 aromatic rings. The lowest BCUT2D eigenvalue weighted by atomic mass is 10.0. The van der Waals surface area contributed by atoms with Gasteiger partial charge in [-0.15, -0.1) is 0 Å². The molecule has 5 rings (SSSR count). The predicted octanol–water partition coefficient (Wildman–Crippen LogP) is 3.23.